The monoisotopic (exact) mass is 189 g/mol. The Kier molecular flexibility index (Phi) is 3.68. The van der Waals surface area contributed by atoms with Crippen molar-refractivity contribution in [3.05, 3.63) is 10.4 Å². The first-order valence-corrected chi connectivity index (χ1v) is 4.24. The number of hydrogen-bond donors (Lipinski definition) is 2. The zero-order valence-corrected chi connectivity index (χ0v) is 7.39. The first kappa shape index (κ1) is 9.67. The fourth-order valence-electron chi connectivity index (χ4n) is 1.22. The summed E-state index contributed by atoms with van der Waals surface area (Å²) in [5.41, 5.74) is 8.05. The Labute approximate surface area is 75.8 Å². The number of ether oxygens (including phenoxy) is 1. The van der Waals surface area contributed by atoms with E-state index in [0.29, 0.717) is 6.54 Å². The van der Waals surface area contributed by atoms with Crippen molar-refractivity contribution in [1.82, 2.24) is 0 Å². The first-order valence-electron chi connectivity index (χ1n) is 3.73. The molecule has 6 heteroatoms. The van der Waals surface area contributed by atoms with Crippen LogP contribution < -0.4 is 0 Å². The highest BCUT2D eigenvalue weighted by Gasteiger charge is 2.31. The van der Waals surface area contributed by atoms with Gasteiger partial charge in [0.25, 0.3) is 0 Å². The molecule has 3 atom stereocenters. The van der Waals surface area contributed by atoms with Gasteiger partial charge in [-0.3, -0.25) is 0 Å². The van der Waals surface area contributed by atoms with Crippen molar-refractivity contribution >= 4 is 12.6 Å². The van der Waals surface area contributed by atoms with Crippen LogP contribution in [0.25, 0.3) is 10.4 Å². The van der Waals surface area contributed by atoms with Gasteiger partial charge in [0.15, 0.2) is 0 Å². The lowest BCUT2D eigenvalue weighted by Gasteiger charge is -2.10. The van der Waals surface area contributed by atoms with E-state index in [1.165, 1.54) is 0 Å². The van der Waals surface area contributed by atoms with Crippen LogP contribution >= 0.6 is 12.6 Å². The minimum absolute atomic E-state index is 0.0269. The molecule has 0 aromatic heterocycles. The molecule has 0 amide bonds. The van der Waals surface area contributed by atoms with Crippen LogP contribution in [0.2, 0.25) is 0 Å². The summed E-state index contributed by atoms with van der Waals surface area (Å²) in [5, 5.41) is 12.2. The second-order valence-electron chi connectivity index (χ2n) is 2.70. The average Bonchev–Trinajstić information content (AvgIpc) is 2.43. The van der Waals surface area contributed by atoms with Crippen LogP contribution in [-0.4, -0.2) is 35.7 Å². The summed E-state index contributed by atoms with van der Waals surface area (Å²) in [6.07, 6.45) is 0.431. The normalized spacial score (nSPS) is 34.7. The summed E-state index contributed by atoms with van der Waals surface area (Å²) in [6.45, 7) is 0.297. The summed E-state index contributed by atoms with van der Waals surface area (Å²) in [5.74, 6) is 0. The van der Waals surface area contributed by atoms with Crippen LogP contribution in [0.15, 0.2) is 5.11 Å². The van der Waals surface area contributed by atoms with Crippen molar-refractivity contribution in [2.45, 2.75) is 23.9 Å². The fraction of sp³-hybridized carbons (Fsp3) is 1.00. The highest BCUT2D eigenvalue weighted by atomic mass is 32.1. The Balaban J connectivity index is 2.37. The molecule has 12 heavy (non-hydrogen) atoms. The van der Waals surface area contributed by atoms with Crippen molar-refractivity contribution in [2.75, 3.05) is 13.2 Å². The average molecular weight is 189 g/mol. The van der Waals surface area contributed by atoms with E-state index in [4.69, 9.17) is 15.4 Å². The van der Waals surface area contributed by atoms with E-state index >= 15 is 0 Å². The smallest absolute Gasteiger partial charge is 0.0926 e. The fourth-order valence-corrected chi connectivity index (χ4v) is 1.62. The van der Waals surface area contributed by atoms with Gasteiger partial charge in [-0.2, -0.15) is 12.6 Å². The highest BCUT2D eigenvalue weighted by molar-refractivity contribution is 7.81. The Morgan fingerprint density at radius 2 is 2.50 bits per heavy atom. The summed E-state index contributed by atoms with van der Waals surface area (Å²) < 4.78 is 5.33. The van der Waals surface area contributed by atoms with Gasteiger partial charge in [-0.25, -0.2) is 0 Å². The maximum atomic E-state index is 8.80. The number of hydrogen-bond acceptors (Lipinski definition) is 4. The second-order valence-corrected chi connectivity index (χ2v) is 3.36. The van der Waals surface area contributed by atoms with Crippen molar-refractivity contribution in [2.24, 2.45) is 5.11 Å². The van der Waals surface area contributed by atoms with Crippen molar-refractivity contribution in [3.63, 3.8) is 0 Å². The number of thiol groups is 1. The number of aliphatic hydroxyl groups is 1. The van der Waals surface area contributed by atoms with E-state index in [1.54, 1.807) is 0 Å². The molecule has 1 rings (SSSR count). The molecule has 0 bridgehead atoms. The van der Waals surface area contributed by atoms with Crippen molar-refractivity contribution in [1.29, 1.82) is 0 Å². The second kappa shape index (κ2) is 4.57. The molecule has 0 aliphatic carbocycles. The lowest BCUT2D eigenvalue weighted by Crippen LogP contribution is -2.21. The molecule has 1 N–H and O–H groups in total. The number of azide groups is 1. The van der Waals surface area contributed by atoms with Gasteiger partial charge in [0.2, 0.25) is 0 Å². The first-order chi connectivity index (χ1) is 5.77. The van der Waals surface area contributed by atoms with Crippen LogP contribution in [-0.2, 0) is 4.74 Å². The van der Waals surface area contributed by atoms with E-state index in [0.717, 1.165) is 6.42 Å². The van der Waals surface area contributed by atoms with Gasteiger partial charge in [-0.15, -0.1) is 0 Å². The Hall–Kier alpha value is -0.420. The molecule has 5 nitrogen and oxygen atoms in total. The summed E-state index contributed by atoms with van der Waals surface area (Å²) >= 11 is 4.23. The van der Waals surface area contributed by atoms with Gasteiger partial charge in [-0.1, -0.05) is 5.11 Å². The third kappa shape index (κ3) is 2.28. The lowest BCUT2D eigenvalue weighted by molar-refractivity contribution is 0.0173. The van der Waals surface area contributed by atoms with Crippen LogP contribution in [0.4, 0.5) is 0 Å². The molecule has 1 saturated heterocycles. The minimum atomic E-state index is -0.216. The van der Waals surface area contributed by atoms with Gasteiger partial charge in [0.1, 0.15) is 0 Å². The minimum Gasteiger partial charge on any atom is -0.394 e. The molecule has 1 fully saturated rings. The van der Waals surface area contributed by atoms with E-state index in [1.807, 2.05) is 0 Å². The Morgan fingerprint density at radius 3 is 3.00 bits per heavy atom. The SMILES string of the molecule is [N-]=[N+]=NC[C@@H]1C[C@H](S)[C@@H](CO)O1. The predicted octanol–water partition coefficient (Wildman–Crippen LogP) is 0.745. The third-order valence-corrected chi connectivity index (χ3v) is 2.37. The zero-order chi connectivity index (χ0) is 8.97. The Morgan fingerprint density at radius 1 is 1.75 bits per heavy atom. The predicted molar refractivity (Wildman–Crippen MR) is 47.2 cm³/mol. The lowest BCUT2D eigenvalue weighted by atomic mass is 10.2. The molecular formula is C6H11N3O2S. The van der Waals surface area contributed by atoms with Gasteiger partial charge in [0.05, 0.1) is 25.4 Å². The largest absolute Gasteiger partial charge is 0.394 e. The molecule has 0 unspecified atom stereocenters. The molecule has 1 aliphatic heterocycles. The van der Waals surface area contributed by atoms with Gasteiger partial charge in [-0.05, 0) is 12.0 Å². The van der Waals surface area contributed by atoms with Crippen LogP contribution in [0, 0.1) is 0 Å². The summed E-state index contributed by atoms with van der Waals surface area (Å²) in [7, 11) is 0. The molecule has 0 aromatic carbocycles. The molecule has 0 spiro atoms. The van der Waals surface area contributed by atoms with Crippen LogP contribution in [0.1, 0.15) is 6.42 Å². The quantitative estimate of drug-likeness (QED) is 0.297. The molecule has 0 radical (unpaired) electrons. The number of rotatable bonds is 3. The van der Waals surface area contributed by atoms with Gasteiger partial charge >= 0.3 is 0 Å². The topological polar surface area (TPSA) is 78.2 Å². The summed E-state index contributed by atoms with van der Waals surface area (Å²) in [4.78, 5) is 2.63. The highest BCUT2D eigenvalue weighted by Crippen LogP contribution is 2.24. The van der Waals surface area contributed by atoms with E-state index < -0.39 is 0 Å². The maximum absolute atomic E-state index is 8.80. The number of aliphatic hydroxyl groups excluding tert-OH is 1. The molecule has 1 heterocycles. The summed E-state index contributed by atoms with van der Waals surface area (Å²) in [6, 6.07) is 0. The number of nitrogens with zero attached hydrogens (tertiary/aromatic N) is 3. The van der Waals surface area contributed by atoms with Crippen LogP contribution in [0.3, 0.4) is 0 Å². The van der Waals surface area contributed by atoms with E-state index in [-0.39, 0.29) is 24.1 Å². The molecular weight excluding hydrogens is 178 g/mol. The zero-order valence-electron chi connectivity index (χ0n) is 6.50. The van der Waals surface area contributed by atoms with Crippen molar-refractivity contribution < 1.29 is 9.84 Å². The molecule has 0 saturated carbocycles. The van der Waals surface area contributed by atoms with Crippen molar-refractivity contribution in [3.8, 4) is 0 Å². The van der Waals surface area contributed by atoms with E-state index in [2.05, 4.69) is 22.7 Å². The molecule has 0 aromatic rings. The third-order valence-electron chi connectivity index (χ3n) is 1.83. The Bertz CT molecular complexity index is 195. The van der Waals surface area contributed by atoms with Gasteiger partial charge in [0, 0.05) is 10.2 Å². The van der Waals surface area contributed by atoms with Gasteiger partial charge < -0.3 is 9.84 Å². The standard InChI is InChI=1S/C6H11N3O2S/c7-9-8-2-4-1-6(12)5(3-10)11-4/h4-6,10,12H,1-3H2/t4-,5+,6-/m0/s1. The molecule has 1 aliphatic rings. The van der Waals surface area contributed by atoms with Crippen LogP contribution in [0.5, 0.6) is 0 Å². The maximum Gasteiger partial charge on any atom is 0.0926 e. The molecule has 68 valence electrons. The van der Waals surface area contributed by atoms with E-state index in [9.17, 15) is 0 Å².